The van der Waals surface area contributed by atoms with E-state index in [0.29, 0.717) is 0 Å². The molecule has 0 bridgehead atoms. The van der Waals surface area contributed by atoms with Gasteiger partial charge in [0.05, 0.1) is 6.20 Å². The minimum atomic E-state index is -0.155. The molecule has 0 atom stereocenters. The number of nitrogens with zero attached hydrogens (tertiary/aromatic N) is 3. The van der Waals surface area contributed by atoms with Crippen molar-refractivity contribution >= 4 is 11.3 Å². The van der Waals surface area contributed by atoms with E-state index in [1.165, 1.54) is 0 Å². The molecule has 98 valence electrons. The lowest BCUT2D eigenvalue weighted by Crippen LogP contribution is -2.20. The molecule has 0 saturated carbocycles. The summed E-state index contributed by atoms with van der Waals surface area (Å²) in [6.45, 7) is 10.7. The Kier molecular flexibility index (Phi) is 3.27. The molecule has 2 heterocycles. The van der Waals surface area contributed by atoms with Crippen molar-refractivity contribution in [3.05, 3.63) is 28.4 Å². The average Bonchev–Trinajstić information content (AvgIpc) is 2.83. The summed E-state index contributed by atoms with van der Waals surface area (Å²) in [5, 5.41) is 10.6. The van der Waals surface area contributed by atoms with Gasteiger partial charge >= 0.3 is 0 Å². The molecule has 4 nitrogen and oxygen atoms in total. The summed E-state index contributed by atoms with van der Waals surface area (Å²) in [6, 6.07) is 0. The van der Waals surface area contributed by atoms with Crippen LogP contribution in [0, 0.1) is 0 Å². The molecule has 0 saturated heterocycles. The largest absolute Gasteiger partial charge is 0.448 e. The van der Waals surface area contributed by atoms with Crippen molar-refractivity contribution < 1.29 is 4.42 Å². The van der Waals surface area contributed by atoms with E-state index in [4.69, 9.17) is 4.42 Å². The van der Waals surface area contributed by atoms with E-state index in [-0.39, 0.29) is 10.8 Å². The maximum atomic E-state index is 5.39. The average molecular weight is 265 g/mol. The molecule has 0 aliphatic rings. The topological polar surface area (TPSA) is 51.8 Å². The van der Waals surface area contributed by atoms with Crippen LogP contribution in [0.5, 0.6) is 0 Å². The molecule has 2 aromatic rings. The normalized spacial score (nSPS) is 12.9. The van der Waals surface area contributed by atoms with Crippen molar-refractivity contribution in [1.82, 2.24) is 15.2 Å². The van der Waals surface area contributed by atoms with E-state index in [9.17, 15) is 0 Å². The van der Waals surface area contributed by atoms with Crippen molar-refractivity contribution in [3.8, 4) is 0 Å². The van der Waals surface area contributed by atoms with Gasteiger partial charge in [-0.3, -0.25) is 0 Å². The molecule has 0 amide bonds. The Balaban J connectivity index is 2.17. The zero-order chi connectivity index (χ0) is 13.4. The SMILES string of the molecule is CC(C)(C)c1nnc(CC(C)(C)c2ncco2)s1. The zero-order valence-corrected chi connectivity index (χ0v) is 12.3. The van der Waals surface area contributed by atoms with Gasteiger partial charge in [0, 0.05) is 17.3 Å². The van der Waals surface area contributed by atoms with E-state index in [0.717, 1.165) is 22.3 Å². The van der Waals surface area contributed by atoms with Crippen LogP contribution in [0.2, 0.25) is 0 Å². The molecule has 5 heteroatoms. The molecular formula is C13H19N3OS. The second-order valence-electron chi connectivity index (χ2n) is 6.15. The fourth-order valence-corrected chi connectivity index (χ4v) is 2.77. The summed E-state index contributed by atoms with van der Waals surface area (Å²) < 4.78 is 5.39. The molecule has 0 aliphatic carbocycles. The Morgan fingerprint density at radius 1 is 1.17 bits per heavy atom. The highest BCUT2D eigenvalue weighted by atomic mass is 32.1. The van der Waals surface area contributed by atoms with Gasteiger partial charge in [-0.1, -0.05) is 34.6 Å². The van der Waals surface area contributed by atoms with E-state index < -0.39 is 0 Å². The Labute approximate surface area is 111 Å². The quantitative estimate of drug-likeness (QED) is 0.854. The van der Waals surface area contributed by atoms with Crippen molar-refractivity contribution in [1.29, 1.82) is 0 Å². The Morgan fingerprint density at radius 3 is 2.39 bits per heavy atom. The van der Waals surface area contributed by atoms with Gasteiger partial charge in [0.25, 0.3) is 0 Å². The lowest BCUT2D eigenvalue weighted by Gasteiger charge is -2.18. The standard InChI is InChI=1S/C13H19N3OS/c1-12(2,3)11-16-15-9(18-11)8-13(4,5)10-14-6-7-17-10/h6-7H,8H2,1-5H3. The van der Waals surface area contributed by atoms with Gasteiger partial charge in [-0.15, -0.1) is 21.5 Å². The molecule has 0 fully saturated rings. The van der Waals surface area contributed by atoms with Crippen LogP contribution in [0.4, 0.5) is 0 Å². The van der Waals surface area contributed by atoms with Crippen LogP contribution >= 0.6 is 11.3 Å². The maximum absolute atomic E-state index is 5.39. The summed E-state index contributed by atoms with van der Waals surface area (Å²) >= 11 is 1.67. The second-order valence-corrected chi connectivity index (χ2v) is 7.21. The number of rotatable bonds is 3. The third kappa shape index (κ3) is 2.77. The van der Waals surface area contributed by atoms with Crippen LogP contribution in [0.15, 0.2) is 16.9 Å². The molecule has 2 aromatic heterocycles. The van der Waals surface area contributed by atoms with Gasteiger partial charge in [0.15, 0.2) is 5.89 Å². The van der Waals surface area contributed by atoms with Gasteiger partial charge in [0.1, 0.15) is 16.3 Å². The van der Waals surface area contributed by atoms with Crippen LogP contribution in [0.3, 0.4) is 0 Å². The van der Waals surface area contributed by atoms with Crippen LogP contribution in [-0.2, 0) is 17.3 Å². The molecule has 2 rings (SSSR count). The summed E-state index contributed by atoms with van der Waals surface area (Å²) in [4.78, 5) is 4.23. The monoisotopic (exact) mass is 265 g/mol. The number of oxazole rings is 1. The predicted molar refractivity (Wildman–Crippen MR) is 71.8 cm³/mol. The van der Waals surface area contributed by atoms with Crippen LogP contribution in [-0.4, -0.2) is 15.2 Å². The summed E-state index contributed by atoms with van der Waals surface area (Å²) in [5.74, 6) is 0.745. The second kappa shape index (κ2) is 4.46. The van der Waals surface area contributed by atoms with Crippen molar-refractivity contribution in [2.24, 2.45) is 0 Å². The molecule has 18 heavy (non-hydrogen) atoms. The first-order chi connectivity index (χ1) is 8.29. The number of aromatic nitrogens is 3. The third-order valence-electron chi connectivity index (χ3n) is 2.71. The Morgan fingerprint density at radius 2 is 1.89 bits per heavy atom. The fourth-order valence-electron chi connectivity index (χ4n) is 1.64. The fraction of sp³-hybridized carbons (Fsp3) is 0.615. The van der Waals surface area contributed by atoms with Crippen molar-refractivity contribution in [2.75, 3.05) is 0 Å². The number of hydrogen-bond donors (Lipinski definition) is 0. The van der Waals surface area contributed by atoms with Crippen molar-refractivity contribution in [2.45, 2.75) is 51.9 Å². The van der Waals surface area contributed by atoms with Gasteiger partial charge < -0.3 is 4.42 Å². The maximum Gasteiger partial charge on any atom is 0.200 e. The minimum Gasteiger partial charge on any atom is -0.448 e. The first-order valence-electron chi connectivity index (χ1n) is 6.02. The van der Waals surface area contributed by atoms with Crippen molar-refractivity contribution in [3.63, 3.8) is 0 Å². The van der Waals surface area contributed by atoms with Gasteiger partial charge in [-0.05, 0) is 0 Å². The lowest BCUT2D eigenvalue weighted by atomic mass is 9.90. The molecule has 0 aromatic carbocycles. The molecular weight excluding hydrogens is 246 g/mol. The highest BCUT2D eigenvalue weighted by molar-refractivity contribution is 7.11. The Hall–Kier alpha value is -1.23. The van der Waals surface area contributed by atoms with Gasteiger partial charge in [-0.2, -0.15) is 0 Å². The molecule has 0 radical (unpaired) electrons. The third-order valence-corrected chi connectivity index (χ3v) is 4.06. The van der Waals surface area contributed by atoms with E-state index in [2.05, 4.69) is 49.8 Å². The van der Waals surface area contributed by atoms with E-state index in [1.54, 1.807) is 23.8 Å². The first kappa shape index (κ1) is 13.2. The summed E-state index contributed by atoms with van der Waals surface area (Å²) in [5.41, 5.74) is -0.0961. The molecule has 0 aliphatic heterocycles. The number of hydrogen-bond acceptors (Lipinski definition) is 5. The van der Waals surface area contributed by atoms with E-state index >= 15 is 0 Å². The Bertz CT molecular complexity index is 509. The van der Waals surface area contributed by atoms with Crippen LogP contribution in [0.1, 0.15) is 50.5 Å². The van der Waals surface area contributed by atoms with Gasteiger partial charge in [0.2, 0.25) is 0 Å². The molecule has 0 N–H and O–H groups in total. The molecule has 0 unspecified atom stereocenters. The highest BCUT2D eigenvalue weighted by Gasteiger charge is 2.28. The predicted octanol–water partition coefficient (Wildman–Crippen LogP) is 3.34. The lowest BCUT2D eigenvalue weighted by molar-refractivity contribution is 0.365. The minimum absolute atomic E-state index is 0.0585. The summed E-state index contributed by atoms with van der Waals surface area (Å²) in [7, 11) is 0. The molecule has 0 spiro atoms. The van der Waals surface area contributed by atoms with E-state index in [1.807, 2.05) is 0 Å². The highest BCUT2D eigenvalue weighted by Crippen LogP contribution is 2.30. The zero-order valence-electron chi connectivity index (χ0n) is 11.5. The first-order valence-corrected chi connectivity index (χ1v) is 6.83. The van der Waals surface area contributed by atoms with Crippen LogP contribution < -0.4 is 0 Å². The van der Waals surface area contributed by atoms with Gasteiger partial charge in [-0.25, -0.2) is 4.98 Å². The van der Waals surface area contributed by atoms with Crippen LogP contribution in [0.25, 0.3) is 0 Å². The smallest absolute Gasteiger partial charge is 0.200 e. The summed E-state index contributed by atoms with van der Waals surface area (Å²) in [6.07, 6.45) is 4.08.